The number of amides is 1. The molecule has 4 rings (SSSR count). The van der Waals surface area contributed by atoms with Crippen LogP contribution in [0.1, 0.15) is 26.9 Å². The van der Waals surface area contributed by atoms with E-state index in [0.29, 0.717) is 15.2 Å². The number of halogens is 1. The molecule has 0 saturated carbocycles. The fraction of sp³-hybridized carbons (Fsp3) is 0.409. The van der Waals surface area contributed by atoms with Gasteiger partial charge in [0.25, 0.3) is 5.91 Å². The van der Waals surface area contributed by atoms with Crippen molar-refractivity contribution in [1.29, 1.82) is 0 Å². The van der Waals surface area contributed by atoms with E-state index in [-0.39, 0.29) is 5.91 Å². The van der Waals surface area contributed by atoms with Crippen molar-refractivity contribution in [1.82, 2.24) is 4.90 Å². The van der Waals surface area contributed by atoms with Gasteiger partial charge in [0.1, 0.15) is 0 Å². The normalized spacial score (nSPS) is 18.6. The van der Waals surface area contributed by atoms with Crippen LogP contribution in [0.2, 0.25) is 5.02 Å². The van der Waals surface area contributed by atoms with Crippen molar-refractivity contribution in [3.05, 3.63) is 58.6 Å². The van der Waals surface area contributed by atoms with Gasteiger partial charge < -0.3 is 15.1 Å². The minimum atomic E-state index is -0.0989. The molecule has 154 valence electrons. The SMILES string of the molecule is CN1CCN(c2ccc(Cl)cc2NC(=O)c2ccc(C3SCCCS3)cc2)CC1. The maximum atomic E-state index is 12.9. The van der Waals surface area contributed by atoms with E-state index < -0.39 is 0 Å². The lowest BCUT2D eigenvalue weighted by molar-refractivity contribution is 0.102. The number of likely N-dealkylation sites (N-methyl/N-ethyl adjacent to an activating group) is 1. The third-order valence-corrected chi connectivity index (χ3v) is 8.57. The summed E-state index contributed by atoms with van der Waals surface area (Å²) >= 11 is 10.2. The van der Waals surface area contributed by atoms with Crippen molar-refractivity contribution in [3.8, 4) is 0 Å². The van der Waals surface area contributed by atoms with Gasteiger partial charge in [0.2, 0.25) is 0 Å². The largest absolute Gasteiger partial charge is 0.367 e. The van der Waals surface area contributed by atoms with Crippen LogP contribution in [0.3, 0.4) is 0 Å². The number of piperazine rings is 1. The maximum Gasteiger partial charge on any atom is 0.255 e. The van der Waals surface area contributed by atoms with Gasteiger partial charge in [-0.3, -0.25) is 4.79 Å². The first kappa shape index (κ1) is 20.9. The highest BCUT2D eigenvalue weighted by atomic mass is 35.5. The van der Waals surface area contributed by atoms with Crippen LogP contribution < -0.4 is 10.2 Å². The number of nitrogens with zero attached hydrogens (tertiary/aromatic N) is 2. The molecule has 0 atom stereocenters. The second-order valence-corrected chi connectivity index (χ2v) is 10.6. The molecule has 2 fully saturated rings. The summed E-state index contributed by atoms with van der Waals surface area (Å²) in [6, 6.07) is 13.8. The number of carbonyl (C=O) groups excluding carboxylic acids is 1. The van der Waals surface area contributed by atoms with Crippen LogP contribution in [0.4, 0.5) is 11.4 Å². The first-order valence-electron chi connectivity index (χ1n) is 9.98. The smallest absolute Gasteiger partial charge is 0.255 e. The topological polar surface area (TPSA) is 35.6 Å². The highest BCUT2D eigenvalue weighted by Crippen LogP contribution is 2.43. The number of thioether (sulfide) groups is 2. The molecule has 0 unspecified atom stereocenters. The van der Waals surface area contributed by atoms with Gasteiger partial charge in [-0.05, 0) is 60.9 Å². The fourth-order valence-corrected chi connectivity index (χ4v) is 6.66. The van der Waals surface area contributed by atoms with Crippen LogP contribution in [0.15, 0.2) is 42.5 Å². The van der Waals surface area contributed by atoms with Crippen LogP contribution in [0, 0.1) is 0 Å². The van der Waals surface area contributed by atoms with E-state index >= 15 is 0 Å². The van der Waals surface area contributed by atoms with Gasteiger partial charge in [-0.1, -0.05) is 23.7 Å². The van der Waals surface area contributed by atoms with Gasteiger partial charge in [-0.2, -0.15) is 0 Å². The molecule has 29 heavy (non-hydrogen) atoms. The Hall–Kier alpha value is -1.34. The third-order valence-electron chi connectivity index (χ3n) is 5.32. The minimum absolute atomic E-state index is 0.0989. The highest BCUT2D eigenvalue weighted by Gasteiger charge is 2.20. The molecule has 0 aromatic heterocycles. The van der Waals surface area contributed by atoms with Crippen molar-refractivity contribution >= 4 is 52.4 Å². The molecule has 2 saturated heterocycles. The monoisotopic (exact) mass is 447 g/mol. The summed E-state index contributed by atoms with van der Waals surface area (Å²) in [6.07, 6.45) is 1.28. The van der Waals surface area contributed by atoms with Crippen molar-refractivity contribution in [2.45, 2.75) is 11.0 Å². The summed E-state index contributed by atoms with van der Waals surface area (Å²) < 4.78 is 0.484. The predicted molar refractivity (Wildman–Crippen MR) is 128 cm³/mol. The molecule has 2 aliphatic rings. The second-order valence-electron chi connectivity index (χ2n) is 7.45. The number of anilines is 2. The minimum Gasteiger partial charge on any atom is -0.367 e. The van der Waals surface area contributed by atoms with Gasteiger partial charge in [0.05, 0.1) is 16.0 Å². The van der Waals surface area contributed by atoms with E-state index in [1.54, 1.807) is 0 Å². The molecule has 0 aliphatic carbocycles. The summed E-state index contributed by atoms with van der Waals surface area (Å²) in [5.41, 5.74) is 3.76. The lowest BCUT2D eigenvalue weighted by Crippen LogP contribution is -2.44. The third kappa shape index (κ3) is 5.23. The zero-order chi connectivity index (χ0) is 20.2. The van der Waals surface area contributed by atoms with E-state index in [2.05, 4.69) is 34.3 Å². The van der Waals surface area contributed by atoms with E-state index in [9.17, 15) is 4.79 Å². The molecule has 1 amide bonds. The number of nitrogens with one attached hydrogen (secondary N) is 1. The van der Waals surface area contributed by atoms with E-state index in [4.69, 9.17) is 11.6 Å². The molecule has 2 aromatic carbocycles. The van der Waals surface area contributed by atoms with E-state index in [1.807, 2.05) is 53.9 Å². The first-order valence-corrected chi connectivity index (χ1v) is 12.5. The summed E-state index contributed by atoms with van der Waals surface area (Å²) in [5.74, 6) is 2.33. The highest BCUT2D eigenvalue weighted by molar-refractivity contribution is 8.16. The van der Waals surface area contributed by atoms with Crippen LogP contribution in [0.25, 0.3) is 0 Å². The Bertz CT molecular complexity index is 848. The quantitative estimate of drug-likeness (QED) is 0.695. The van der Waals surface area contributed by atoms with Crippen LogP contribution in [-0.4, -0.2) is 55.5 Å². The fourth-order valence-electron chi connectivity index (χ4n) is 3.60. The van der Waals surface area contributed by atoms with Crippen molar-refractivity contribution in [2.75, 3.05) is 54.9 Å². The summed E-state index contributed by atoms with van der Waals surface area (Å²) in [5, 5.41) is 3.71. The molecule has 7 heteroatoms. The Labute approximate surface area is 186 Å². The maximum absolute atomic E-state index is 12.9. The molecule has 0 radical (unpaired) electrons. The average molecular weight is 448 g/mol. The van der Waals surface area contributed by atoms with Crippen molar-refractivity contribution in [2.24, 2.45) is 0 Å². The van der Waals surface area contributed by atoms with Gasteiger partial charge in [-0.15, -0.1) is 23.5 Å². The summed E-state index contributed by atoms with van der Waals surface area (Å²) in [4.78, 5) is 17.5. The average Bonchev–Trinajstić information content (AvgIpc) is 2.75. The Morgan fingerprint density at radius 3 is 2.41 bits per heavy atom. The molecular weight excluding hydrogens is 422 g/mol. The van der Waals surface area contributed by atoms with Crippen LogP contribution in [0.5, 0.6) is 0 Å². The standard InChI is InChI=1S/C22H26ClN3OS2/c1-25-9-11-26(12-10-25)20-8-7-18(23)15-19(20)24-21(27)16-3-5-17(6-4-16)22-28-13-2-14-29-22/h3-8,15,22H,2,9-14H2,1H3,(H,24,27). The zero-order valence-electron chi connectivity index (χ0n) is 16.6. The van der Waals surface area contributed by atoms with Crippen molar-refractivity contribution < 1.29 is 4.79 Å². The summed E-state index contributed by atoms with van der Waals surface area (Å²) in [7, 11) is 2.13. The summed E-state index contributed by atoms with van der Waals surface area (Å²) in [6.45, 7) is 3.89. The molecule has 0 bridgehead atoms. The van der Waals surface area contributed by atoms with E-state index in [1.165, 1.54) is 23.5 Å². The van der Waals surface area contributed by atoms with Gasteiger partial charge >= 0.3 is 0 Å². The first-order chi connectivity index (χ1) is 14.1. The molecule has 0 spiro atoms. The molecule has 2 heterocycles. The molecule has 2 aromatic rings. The Morgan fingerprint density at radius 1 is 1.03 bits per heavy atom. The number of hydrogen-bond acceptors (Lipinski definition) is 5. The lowest BCUT2D eigenvalue weighted by atomic mass is 10.1. The predicted octanol–water partition coefficient (Wildman–Crippen LogP) is 5.21. The molecule has 2 aliphatic heterocycles. The van der Waals surface area contributed by atoms with E-state index in [0.717, 1.165) is 37.6 Å². The lowest BCUT2D eigenvalue weighted by Gasteiger charge is -2.35. The number of hydrogen-bond donors (Lipinski definition) is 1. The number of carbonyl (C=O) groups is 1. The molecule has 1 N–H and O–H groups in total. The van der Waals surface area contributed by atoms with Crippen LogP contribution >= 0.6 is 35.1 Å². The van der Waals surface area contributed by atoms with Gasteiger partial charge in [-0.25, -0.2) is 0 Å². The second kappa shape index (κ2) is 9.65. The zero-order valence-corrected chi connectivity index (χ0v) is 19.0. The van der Waals surface area contributed by atoms with Gasteiger partial charge in [0.15, 0.2) is 0 Å². The Kier molecular flexibility index (Phi) is 6.96. The molecule has 4 nitrogen and oxygen atoms in total. The Morgan fingerprint density at radius 2 is 1.72 bits per heavy atom. The number of benzene rings is 2. The van der Waals surface area contributed by atoms with Crippen molar-refractivity contribution in [3.63, 3.8) is 0 Å². The van der Waals surface area contributed by atoms with Gasteiger partial charge in [0, 0.05) is 36.8 Å². The Balaban J connectivity index is 1.48. The van der Waals surface area contributed by atoms with Crippen LogP contribution in [-0.2, 0) is 0 Å². The molecular formula is C22H26ClN3OS2. The number of rotatable bonds is 4.